The minimum atomic E-state index is 0.247. The second-order valence-corrected chi connectivity index (χ2v) is 5.82. The summed E-state index contributed by atoms with van der Waals surface area (Å²) in [5.74, 6) is 0. The molecule has 0 saturated carbocycles. The first-order valence-electron chi connectivity index (χ1n) is 6.34. The Morgan fingerprint density at radius 2 is 2.06 bits per heavy atom. The molecule has 1 aromatic carbocycles. The summed E-state index contributed by atoms with van der Waals surface area (Å²) in [7, 11) is 0. The Hall–Kier alpha value is -1.19. The van der Waals surface area contributed by atoms with Crippen LogP contribution in [0.25, 0.3) is 10.6 Å². The summed E-state index contributed by atoms with van der Waals surface area (Å²) in [5, 5.41) is 3.25. The fourth-order valence-electron chi connectivity index (χ4n) is 1.80. The average Bonchev–Trinajstić information content (AvgIpc) is 2.79. The molecule has 2 N–H and O–H groups in total. The van der Waals surface area contributed by atoms with E-state index in [0.29, 0.717) is 0 Å². The lowest BCUT2D eigenvalue weighted by molar-refractivity contribution is 0.660. The van der Waals surface area contributed by atoms with E-state index < -0.39 is 0 Å². The first kappa shape index (κ1) is 13.2. The van der Waals surface area contributed by atoms with E-state index in [0.717, 1.165) is 23.5 Å². The highest BCUT2D eigenvalue weighted by Crippen LogP contribution is 2.26. The van der Waals surface area contributed by atoms with Crippen molar-refractivity contribution in [2.24, 2.45) is 5.73 Å². The Balaban J connectivity index is 2.16. The van der Waals surface area contributed by atoms with Gasteiger partial charge in [-0.2, -0.15) is 0 Å². The van der Waals surface area contributed by atoms with Crippen LogP contribution in [0.3, 0.4) is 0 Å². The van der Waals surface area contributed by atoms with Gasteiger partial charge in [0, 0.05) is 17.0 Å². The number of hydrogen-bond acceptors (Lipinski definition) is 3. The second-order valence-electron chi connectivity index (χ2n) is 4.96. The van der Waals surface area contributed by atoms with Gasteiger partial charge in [0.25, 0.3) is 0 Å². The van der Waals surface area contributed by atoms with Crippen LogP contribution in [0, 0.1) is 13.8 Å². The zero-order valence-electron chi connectivity index (χ0n) is 11.2. The smallest absolute Gasteiger partial charge is 0.123 e. The molecule has 1 unspecified atom stereocenters. The molecule has 1 heterocycles. The predicted octanol–water partition coefficient (Wildman–Crippen LogP) is 3.71. The standard InChI is InChI=1S/C15H20N2S/c1-10-4-6-13(8-11(10)2)15-17-14(9-18-15)7-5-12(3)16/h4,6,8-9,12H,5,7,16H2,1-3H3. The third kappa shape index (κ3) is 3.18. The van der Waals surface area contributed by atoms with Gasteiger partial charge in [-0.3, -0.25) is 0 Å². The molecule has 1 atom stereocenters. The molecule has 0 aliphatic rings. The zero-order valence-corrected chi connectivity index (χ0v) is 12.1. The van der Waals surface area contributed by atoms with Crippen LogP contribution in [0.1, 0.15) is 30.2 Å². The maximum Gasteiger partial charge on any atom is 0.123 e. The molecule has 0 radical (unpaired) electrons. The molecule has 2 aromatic rings. The predicted molar refractivity (Wildman–Crippen MR) is 79.0 cm³/mol. The van der Waals surface area contributed by atoms with Gasteiger partial charge in [-0.15, -0.1) is 11.3 Å². The molecule has 2 nitrogen and oxygen atoms in total. The van der Waals surface area contributed by atoms with Gasteiger partial charge < -0.3 is 5.73 Å². The van der Waals surface area contributed by atoms with Crippen molar-refractivity contribution in [3.8, 4) is 10.6 Å². The van der Waals surface area contributed by atoms with Gasteiger partial charge in [0.15, 0.2) is 0 Å². The number of nitrogens with two attached hydrogens (primary N) is 1. The highest BCUT2D eigenvalue weighted by Gasteiger charge is 2.06. The summed E-state index contributed by atoms with van der Waals surface area (Å²) in [4.78, 5) is 4.69. The monoisotopic (exact) mass is 260 g/mol. The van der Waals surface area contributed by atoms with E-state index in [4.69, 9.17) is 5.73 Å². The molecule has 2 rings (SSSR count). The van der Waals surface area contributed by atoms with Gasteiger partial charge in [0.1, 0.15) is 5.01 Å². The van der Waals surface area contributed by atoms with Crippen molar-refractivity contribution in [2.75, 3.05) is 0 Å². The van der Waals surface area contributed by atoms with Crippen molar-refractivity contribution in [3.63, 3.8) is 0 Å². The molecular weight excluding hydrogens is 240 g/mol. The van der Waals surface area contributed by atoms with Crippen LogP contribution in [0.15, 0.2) is 23.6 Å². The van der Waals surface area contributed by atoms with Crippen molar-refractivity contribution in [1.82, 2.24) is 4.98 Å². The minimum absolute atomic E-state index is 0.247. The number of thiazole rings is 1. The third-order valence-corrected chi connectivity index (χ3v) is 4.10. The summed E-state index contributed by atoms with van der Waals surface area (Å²) in [6, 6.07) is 6.77. The third-order valence-electron chi connectivity index (χ3n) is 3.16. The summed E-state index contributed by atoms with van der Waals surface area (Å²) in [6.07, 6.45) is 1.97. The van der Waals surface area contributed by atoms with Gasteiger partial charge in [0.2, 0.25) is 0 Å². The number of nitrogens with zero attached hydrogens (tertiary/aromatic N) is 1. The molecule has 1 aromatic heterocycles. The number of benzene rings is 1. The number of aryl methyl sites for hydroxylation is 3. The summed E-state index contributed by atoms with van der Waals surface area (Å²) >= 11 is 1.72. The van der Waals surface area contributed by atoms with Crippen LogP contribution in [0.5, 0.6) is 0 Å². The van der Waals surface area contributed by atoms with E-state index in [1.54, 1.807) is 11.3 Å². The van der Waals surface area contributed by atoms with E-state index in [-0.39, 0.29) is 6.04 Å². The minimum Gasteiger partial charge on any atom is -0.328 e. The largest absolute Gasteiger partial charge is 0.328 e. The highest BCUT2D eigenvalue weighted by atomic mass is 32.1. The second kappa shape index (κ2) is 5.63. The van der Waals surface area contributed by atoms with E-state index in [9.17, 15) is 0 Å². The zero-order chi connectivity index (χ0) is 13.1. The van der Waals surface area contributed by atoms with Crippen molar-refractivity contribution in [2.45, 2.75) is 39.7 Å². The summed E-state index contributed by atoms with van der Waals surface area (Å²) in [6.45, 7) is 6.31. The van der Waals surface area contributed by atoms with Gasteiger partial charge >= 0.3 is 0 Å². The molecule has 96 valence electrons. The molecule has 0 fully saturated rings. The normalized spacial score (nSPS) is 12.7. The van der Waals surface area contributed by atoms with Crippen LogP contribution in [-0.4, -0.2) is 11.0 Å². The van der Waals surface area contributed by atoms with Gasteiger partial charge in [-0.05, 0) is 50.8 Å². The molecule has 18 heavy (non-hydrogen) atoms. The highest BCUT2D eigenvalue weighted by molar-refractivity contribution is 7.13. The molecule has 0 bridgehead atoms. The molecule has 0 spiro atoms. The Labute approximate surface area is 113 Å². The van der Waals surface area contributed by atoms with Crippen LogP contribution in [0.4, 0.5) is 0 Å². The van der Waals surface area contributed by atoms with Crippen LogP contribution >= 0.6 is 11.3 Å². The quantitative estimate of drug-likeness (QED) is 0.910. The topological polar surface area (TPSA) is 38.9 Å². The molecular formula is C15H20N2S. The lowest BCUT2D eigenvalue weighted by Gasteiger charge is -2.03. The first-order valence-corrected chi connectivity index (χ1v) is 7.22. The Bertz CT molecular complexity index is 529. The molecule has 0 saturated heterocycles. The molecule has 0 aliphatic carbocycles. The van der Waals surface area contributed by atoms with Crippen LogP contribution < -0.4 is 5.73 Å². The van der Waals surface area contributed by atoms with Crippen LogP contribution in [-0.2, 0) is 6.42 Å². The van der Waals surface area contributed by atoms with Gasteiger partial charge in [0.05, 0.1) is 5.69 Å². The fraction of sp³-hybridized carbons (Fsp3) is 0.400. The van der Waals surface area contributed by atoms with Crippen LogP contribution in [0.2, 0.25) is 0 Å². The number of hydrogen-bond donors (Lipinski definition) is 1. The van der Waals surface area contributed by atoms with Crippen molar-refractivity contribution in [3.05, 3.63) is 40.4 Å². The van der Waals surface area contributed by atoms with E-state index in [1.807, 2.05) is 6.92 Å². The number of rotatable bonds is 4. The fourth-order valence-corrected chi connectivity index (χ4v) is 2.66. The first-order chi connectivity index (χ1) is 8.56. The van der Waals surface area contributed by atoms with E-state index in [1.165, 1.54) is 16.7 Å². The Morgan fingerprint density at radius 1 is 1.28 bits per heavy atom. The SMILES string of the molecule is Cc1ccc(-c2nc(CCC(C)N)cs2)cc1C. The Morgan fingerprint density at radius 3 is 2.72 bits per heavy atom. The van der Waals surface area contributed by atoms with Crippen molar-refractivity contribution in [1.29, 1.82) is 0 Å². The lowest BCUT2D eigenvalue weighted by Crippen LogP contribution is -2.15. The summed E-state index contributed by atoms with van der Waals surface area (Å²) in [5.41, 5.74) is 10.8. The lowest BCUT2D eigenvalue weighted by atomic mass is 10.1. The summed E-state index contributed by atoms with van der Waals surface area (Å²) < 4.78 is 0. The number of aromatic nitrogens is 1. The van der Waals surface area contributed by atoms with E-state index >= 15 is 0 Å². The van der Waals surface area contributed by atoms with Crippen molar-refractivity contribution >= 4 is 11.3 Å². The average molecular weight is 260 g/mol. The van der Waals surface area contributed by atoms with Gasteiger partial charge in [-0.1, -0.05) is 12.1 Å². The Kier molecular flexibility index (Phi) is 4.15. The maximum atomic E-state index is 5.77. The maximum absolute atomic E-state index is 5.77. The van der Waals surface area contributed by atoms with Crippen molar-refractivity contribution < 1.29 is 0 Å². The molecule has 0 amide bonds. The van der Waals surface area contributed by atoms with E-state index in [2.05, 4.69) is 42.4 Å². The van der Waals surface area contributed by atoms with Gasteiger partial charge in [-0.25, -0.2) is 4.98 Å². The molecule has 0 aliphatic heterocycles. The molecule has 3 heteroatoms.